The van der Waals surface area contributed by atoms with Gasteiger partial charge in [0.05, 0.1) is 0 Å². The summed E-state index contributed by atoms with van der Waals surface area (Å²) >= 11 is 0. The molecule has 1 aromatic carbocycles. The van der Waals surface area contributed by atoms with Crippen LogP contribution in [0.25, 0.3) is 0 Å². The van der Waals surface area contributed by atoms with Gasteiger partial charge in [-0.3, -0.25) is 0 Å². The lowest BCUT2D eigenvalue weighted by atomic mass is 10.0. The molecule has 1 saturated carbocycles. The highest BCUT2D eigenvalue weighted by molar-refractivity contribution is 5.39. The normalized spacial score (nSPS) is 24.3. The Hall–Kier alpha value is -1.02. The lowest BCUT2D eigenvalue weighted by molar-refractivity contribution is 0.189. The van der Waals surface area contributed by atoms with Crippen LogP contribution in [0.15, 0.2) is 18.2 Å². The van der Waals surface area contributed by atoms with E-state index in [-0.39, 0.29) is 12.1 Å². The summed E-state index contributed by atoms with van der Waals surface area (Å²) in [6.45, 7) is 6.50. The van der Waals surface area contributed by atoms with Crippen LogP contribution in [0.3, 0.4) is 0 Å². The van der Waals surface area contributed by atoms with E-state index in [4.69, 9.17) is 10.5 Å². The first-order valence-electron chi connectivity index (χ1n) is 6.60. The van der Waals surface area contributed by atoms with Crippen LogP contribution in [0.1, 0.15) is 50.2 Å². The minimum absolute atomic E-state index is 0.203. The Morgan fingerprint density at radius 1 is 1.29 bits per heavy atom. The van der Waals surface area contributed by atoms with E-state index in [9.17, 15) is 0 Å². The summed E-state index contributed by atoms with van der Waals surface area (Å²) in [5, 5.41) is 0. The summed E-state index contributed by atoms with van der Waals surface area (Å²) in [5.74, 6) is 1.52. The highest BCUT2D eigenvalue weighted by Crippen LogP contribution is 2.31. The van der Waals surface area contributed by atoms with Crippen molar-refractivity contribution in [1.29, 1.82) is 0 Å². The van der Waals surface area contributed by atoms with Crippen LogP contribution in [0, 0.1) is 6.92 Å². The lowest BCUT2D eigenvalue weighted by Gasteiger charge is -2.21. The van der Waals surface area contributed by atoms with Crippen molar-refractivity contribution < 1.29 is 4.74 Å². The third-order valence-corrected chi connectivity index (χ3v) is 3.57. The first-order chi connectivity index (χ1) is 8.08. The molecule has 2 unspecified atom stereocenters. The maximum absolute atomic E-state index is 6.14. The highest BCUT2D eigenvalue weighted by atomic mass is 16.5. The summed E-state index contributed by atoms with van der Waals surface area (Å²) in [6.07, 6.45) is 3.57. The highest BCUT2D eigenvalue weighted by Gasteiger charge is 2.26. The molecule has 1 aromatic rings. The zero-order valence-electron chi connectivity index (χ0n) is 11.1. The third-order valence-electron chi connectivity index (χ3n) is 3.57. The van der Waals surface area contributed by atoms with E-state index in [0.29, 0.717) is 5.92 Å². The molecule has 17 heavy (non-hydrogen) atoms. The molecule has 0 amide bonds. The van der Waals surface area contributed by atoms with Gasteiger partial charge in [-0.2, -0.15) is 0 Å². The van der Waals surface area contributed by atoms with Gasteiger partial charge < -0.3 is 10.5 Å². The average molecular weight is 233 g/mol. The predicted molar refractivity (Wildman–Crippen MR) is 71.5 cm³/mol. The number of hydrogen-bond donors (Lipinski definition) is 1. The molecule has 0 spiro atoms. The van der Waals surface area contributed by atoms with Gasteiger partial charge in [-0.05, 0) is 49.3 Å². The van der Waals surface area contributed by atoms with Crippen LogP contribution < -0.4 is 10.5 Å². The van der Waals surface area contributed by atoms with Crippen LogP contribution in [-0.4, -0.2) is 12.1 Å². The zero-order chi connectivity index (χ0) is 12.4. The second-order valence-electron chi connectivity index (χ2n) is 5.45. The predicted octanol–water partition coefficient (Wildman–Crippen LogP) is 3.38. The molecule has 1 aliphatic rings. The minimum atomic E-state index is 0.203. The molecular formula is C15H23NO. The molecule has 2 heteroatoms. The van der Waals surface area contributed by atoms with Gasteiger partial charge in [0.25, 0.3) is 0 Å². The molecule has 94 valence electrons. The molecule has 1 aliphatic carbocycles. The molecule has 0 bridgehead atoms. The number of ether oxygens (including phenoxy) is 1. The number of rotatable bonds is 3. The molecule has 0 heterocycles. The Kier molecular flexibility index (Phi) is 3.72. The van der Waals surface area contributed by atoms with Crippen molar-refractivity contribution in [3.8, 4) is 5.75 Å². The molecule has 0 aliphatic heterocycles. The standard InChI is InChI=1S/C15H23NO/c1-10(2)12-8-7-11(3)9-15(12)17-14-6-4-5-13(14)16/h7-10,13-14H,4-6,16H2,1-3H3. The van der Waals surface area contributed by atoms with Crippen molar-refractivity contribution in [3.63, 3.8) is 0 Å². The quantitative estimate of drug-likeness (QED) is 0.868. The molecular weight excluding hydrogens is 210 g/mol. The summed E-state index contributed by atoms with van der Waals surface area (Å²) in [7, 11) is 0. The van der Waals surface area contributed by atoms with Crippen molar-refractivity contribution in [2.75, 3.05) is 0 Å². The Bertz CT molecular complexity index is 387. The van der Waals surface area contributed by atoms with Crippen LogP contribution in [-0.2, 0) is 0 Å². The summed E-state index contributed by atoms with van der Waals surface area (Å²) in [5.41, 5.74) is 8.60. The van der Waals surface area contributed by atoms with Gasteiger partial charge in [0.15, 0.2) is 0 Å². The average Bonchev–Trinajstić information content (AvgIpc) is 2.64. The SMILES string of the molecule is Cc1ccc(C(C)C)c(OC2CCCC2N)c1. The fourth-order valence-corrected chi connectivity index (χ4v) is 2.48. The Morgan fingerprint density at radius 2 is 2.06 bits per heavy atom. The van der Waals surface area contributed by atoms with Crippen molar-refractivity contribution in [3.05, 3.63) is 29.3 Å². The molecule has 0 radical (unpaired) electrons. The van der Waals surface area contributed by atoms with E-state index in [1.165, 1.54) is 17.5 Å². The van der Waals surface area contributed by atoms with Crippen LogP contribution >= 0.6 is 0 Å². The molecule has 0 saturated heterocycles. The van der Waals surface area contributed by atoms with E-state index in [1.807, 2.05) is 0 Å². The van der Waals surface area contributed by atoms with Crippen molar-refractivity contribution in [2.45, 2.75) is 58.1 Å². The Balaban J connectivity index is 2.21. The Morgan fingerprint density at radius 3 is 2.65 bits per heavy atom. The van der Waals surface area contributed by atoms with Gasteiger partial charge in [-0.1, -0.05) is 26.0 Å². The van der Waals surface area contributed by atoms with E-state index in [0.717, 1.165) is 18.6 Å². The smallest absolute Gasteiger partial charge is 0.123 e. The maximum Gasteiger partial charge on any atom is 0.123 e. The van der Waals surface area contributed by atoms with Gasteiger partial charge in [-0.25, -0.2) is 0 Å². The first-order valence-corrected chi connectivity index (χ1v) is 6.60. The van der Waals surface area contributed by atoms with E-state index in [2.05, 4.69) is 39.0 Å². The van der Waals surface area contributed by atoms with Gasteiger partial charge in [0.1, 0.15) is 11.9 Å². The van der Waals surface area contributed by atoms with Gasteiger partial charge in [0, 0.05) is 6.04 Å². The number of aryl methyl sites for hydroxylation is 1. The molecule has 2 nitrogen and oxygen atoms in total. The van der Waals surface area contributed by atoms with Gasteiger partial charge in [-0.15, -0.1) is 0 Å². The summed E-state index contributed by atoms with van der Waals surface area (Å²) < 4.78 is 6.14. The third kappa shape index (κ3) is 2.81. The van der Waals surface area contributed by atoms with Crippen molar-refractivity contribution in [2.24, 2.45) is 5.73 Å². The van der Waals surface area contributed by atoms with Gasteiger partial charge in [0.2, 0.25) is 0 Å². The molecule has 2 N–H and O–H groups in total. The maximum atomic E-state index is 6.14. The Labute approximate surface area is 104 Å². The zero-order valence-corrected chi connectivity index (χ0v) is 11.1. The molecule has 2 rings (SSSR count). The monoisotopic (exact) mass is 233 g/mol. The minimum Gasteiger partial charge on any atom is -0.489 e. The van der Waals surface area contributed by atoms with E-state index < -0.39 is 0 Å². The second-order valence-corrected chi connectivity index (χ2v) is 5.45. The van der Waals surface area contributed by atoms with Crippen molar-refractivity contribution >= 4 is 0 Å². The van der Waals surface area contributed by atoms with E-state index >= 15 is 0 Å². The van der Waals surface area contributed by atoms with E-state index in [1.54, 1.807) is 0 Å². The van der Waals surface area contributed by atoms with Gasteiger partial charge >= 0.3 is 0 Å². The molecule has 1 fully saturated rings. The van der Waals surface area contributed by atoms with Crippen molar-refractivity contribution in [1.82, 2.24) is 0 Å². The fourth-order valence-electron chi connectivity index (χ4n) is 2.48. The number of nitrogens with two attached hydrogens (primary N) is 1. The fraction of sp³-hybridized carbons (Fsp3) is 0.600. The summed E-state index contributed by atoms with van der Waals surface area (Å²) in [6, 6.07) is 6.67. The summed E-state index contributed by atoms with van der Waals surface area (Å²) in [4.78, 5) is 0. The number of hydrogen-bond acceptors (Lipinski definition) is 2. The second kappa shape index (κ2) is 5.09. The molecule has 2 atom stereocenters. The molecule has 0 aromatic heterocycles. The largest absolute Gasteiger partial charge is 0.489 e. The topological polar surface area (TPSA) is 35.2 Å². The van der Waals surface area contributed by atoms with Crippen LogP contribution in [0.2, 0.25) is 0 Å². The van der Waals surface area contributed by atoms with Crippen LogP contribution in [0.4, 0.5) is 0 Å². The first kappa shape index (κ1) is 12.4. The number of benzene rings is 1. The lowest BCUT2D eigenvalue weighted by Crippen LogP contribution is -2.33. The van der Waals surface area contributed by atoms with Crippen LogP contribution in [0.5, 0.6) is 5.75 Å².